The first-order valence-corrected chi connectivity index (χ1v) is 7.88. The number of aliphatic hydroxyl groups excluding tert-OH is 1. The average molecular weight is 291 g/mol. The summed E-state index contributed by atoms with van der Waals surface area (Å²) in [7, 11) is 1.67. The Labute approximate surface area is 126 Å². The van der Waals surface area contributed by atoms with E-state index in [0.29, 0.717) is 18.7 Å². The smallest absolute Gasteiger partial charge is 0.124 e. The molecule has 1 N–H and O–H groups in total. The van der Waals surface area contributed by atoms with Gasteiger partial charge in [-0.2, -0.15) is 0 Å². The highest BCUT2D eigenvalue weighted by Gasteiger charge is 2.40. The van der Waals surface area contributed by atoms with Gasteiger partial charge in [0.05, 0.1) is 13.2 Å². The molecule has 4 heteroatoms. The molecule has 0 spiro atoms. The number of likely N-dealkylation sites (tertiary alicyclic amines) is 1. The van der Waals surface area contributed by atoms with Crippen molar-refractivity contribution >= 4 is 0 Å². The van der Waals surface area contributed by atoms with Crippen LogP contribution < -0.4 is 9.47 Å². The first kappa shape index (κ1) is 14.7. The lowest BCUT2D eigenvalue weighted by Gasteiger charge is -2.47. The Morgan fingerprint density at radius 3 is 2.62 bits per heavy atom. The van der Waals surface area contributed by atoms with Gasteiger partial charge in [0.15, 0.2) is 0 Å². The number of nitrogens with zero attached hydrogens (tertiary/aromatic N) is 1. The first-order chi connectivity index (χ1) is 10.1. The van der Waals surface area contributed by atoms with Crippen LogP contribution in [0.1, 0.15) is 44.7 Å². The van der Waals surface area contributed by atoms with Crippen molar-refractivity contribution in [3.63, 3.8) is 0 Å². The van der Waals surface area contributed by atoms with Gasteiger partial charge in [0.1, 0.15) is 24.2 Å². The fraction of sp³-hybridized carbons (Fsp3) is 0.647. The molecule has 2 aliphatic rings. The Hall–Kier alpha value is -1.26. The van der Waals surface area contributed by atoms with Gasteiger partial charge < -0.3 is 14.6 Å². The molecule has 4 atom stereocenters. The van der Waals surface area contributed by atoms with Crippen LogP contribution in [0.15, 0.2) is 18.2 Å². The molecule has 0 aliphatic carbocycles. The van der Waals surface area contributed by atoms with Gasteiger partial charge in [0.25, 0.3) is 0 Å². The summed E-state index contributed by atoms with van der Waals surface area (Å²) >= 11 is 0. The number of aliphatic hydroxyl groups is 1. The lowest BCUT2D eigenvalue weighted by atomic mass is 9.89. The van der Waals surface area contributed by atoms with Crippen LogP contribution in [-0.4, -0.2) is 41.9 Å². The molecule has 0 amide bonds. The molecule has 21 heavy (non-hydrogen) atoms. The summed E-state index contributed by atoms with van der Waals surface area (Å²) in [4.78, 5) is 2.47. The molecule has 1 saturated heterocycles. The van der Waals surface area contributed by atoms with Crippen molar-refractivity contribution in [2.24, 2.45) is 0 Å². The topological polar surface area (TPSA) is 41.9 Å². The van der Waals surface area contributed by atoms with Gasteiger partial charge in [-0.15, -0.1) is 0 Å². The van der Waals surface area contributed by atoms with E-state index >= 15 is 0 Å². The van der Waals surface area contributed by atoms with Gasteiger partial charge in [-0.1, -0.05) is 6.42 Å². The van der Waals surface area contributed by atoms with E-state index in [1.807, 2.05) is 18.2 Å². The maximum absolute atomic E-state index is 10.6. The predicted molar refractivity (Wildman–Crippen MR) is 81.9 cm³/mol. The second-order valence-corrected chi connectivity index (χ2v) is 6.30. The van der Waals surface area contributed by atoms with E-state index in [0.717, 1.165) is 17.1 Å². The lowest BCUT2D eigenvalue weighted by molar-refractivity contribution is -0.0456. The summed E-state index contributed by atoms with van der Waals surface area (Å²) in [5, 5.41) is 10.6. The van der Waals surface area contributed by atoms with E-state index in [1.165, 1.54) is 19.3 Å². The monoisotopic (exact) mass is 291 g/mol. The number of piperidine rings is 1. The number of hydrogen-bond acceptors (Lipinski definition) is 4. The van der Waals surface area contributed by atoms with Crippen LogP contribution in [0.3, 0.4) is 0 Å². The number of hydrogen-bond donors (Lipinski definition) is 1. The van der Waals surface area contributed by atoms with Crippen molar-refractivity contribution in [3.8, 4) is 11.5 Å². The van der Waals surface area contributed by atoms with E-state index < -0.39 is 6.10 Å². The Balaban J connectivity index is 2.01. The summed E-state index contributed by atoms with van der Waals surface area (Å²) in [6.45, 7) is 4.88. The van der Waals surface area contributed by atoms with Gasteiger partial charge in [-0.25, -0.2) is 0 Å². The third-order valence-corrected chi connectivity index (χ3v) is 4.89. The minimum Gasteiger partial charge on any atom is -0.497 e. The highest BCUT2D eigenvalue weighted by molar-refractivity contribution is 5.44. The molecule has 2 heterocycles. The van der Waals surface area contributed by atoms with Gasteiger partial charge >= 0.3 is 0 Å². The van der Waals surface area contributed by atoms with E-state index in [9.17, 15) is 5.11 Å². The summed E-state index contributed by atoms with van der Waals surface area (Å²) in [6, 6.07) is 6.82. The van der Waals surface area contributed by atoms with Gasteiger partial charge in [-0.3, -0.25) is 4.90 Å². The molecule has 4 unspecified atom stereocenters. The maximum Gasteiger partial charge on any atom is 0.124 e. The third-order valence-electron chi connectivity index (χ3n) is 4.89. The highest BCUT2D eigenvalue weighted by Crippen LogP contribution is 2.42. The Kier molecular flexibility index (Phi) is 4.09. The minimum atomic E-state index is -0.493. The molecule has 1 fully saturated rings. The molecule has 4 nitrogen and oxygen atoms in total. The third kappa shape index (κ3) is 2.62. The van der Waals surface area contributed by atoms with Crippen LogP contribution >= 0.6 is 0 Å². The van der Waals surface area contributed by atoms with Crippen LogP contribution in [0.25, 0.3) is 0 Å². The molecule has 0 radical (unpaired) electrons. The molecule has 116 valence electrons. The molecule has 1 aromatic carbocycles. The normalized spacial score (nSPS) is 33.1. The average Bonchev–Trinajstić information content (AvgIpc) is 2.48. The number of methoxy groups -OCH3 is 1. The highest BCUT2D eigenvalue weighted by atomic mass is 16.5. The summed E-state index contributed by atoms with van der Waals surface area (Å²) in [5.74, 6) is 1.69. The Bertz CT molecular complexity index is 495. The van der Waals surface area contributed by atoms with Crippen LogP contribution in [0.5, 0.6) is 11.5 Å². The predicted octanol–water partition coefficient (Wildman–Crippen LogP) is 2.75. The Morgan fingerprint density at radius 2 is 1.95 bits per heavy atom. The van der Waals surface area contributed by atoms with Crippen molar-refractivity contribution < 1.29 is 14.6 Å². The first-order valence-electron chi connectivity index (χ1n) is 7.88. The van der Waals surface area contributed by atoms with Crippen LogP contribution in [0.2, 0.25) is 0 Å². The molecule has 0 aromatic heterocycles. The molecule has 0 saturated carbocycles. The number of rotatable bonds is 2. The summed E-state index contributed by atoms with van der Waals surface area (Å²) in [6.07, 6.45) is 3.15. The number of benzene rings is 1. The minimum absolute atomic E-state index is 0.00542. The standard InChI is InChI=1S/C17H25NO3/c1-11-5-4-6-12(2)18(11)17-14-9-13(20-3)7-8-16(14)21-10-15(17)19/h7-9,11-12,15,17,19H,4-6,10H2,1-3H3. The van der Waals surface area contributed by atoms with E-state index in [2.05, 4.69) is 18.7 Å². The van der Waals surface area contributed by atoms with Crippen molar-refractivity contribution in [1.29, 1.82) is 0 Å². The maximum atomic E-state index is 10.6. The summed E-state index contributed by atoms with van der Waals surface area (Å²) in [5.41, 5.74) is 1.05. The van der Waals surface area contributed by atoms with Crippen molar-refractivity contribution in [2.45, 2.75) is 57.3 Å². The van der Waals surface area contributed by atoms with Crippen LogP contribution in [0, 0.1) is 0 Å². The van der Waals surface area contributed by atoms with Crippen molar-refractivity contribution in [3.05, 3.63) is 23.8 Å². The Morgan fingerprint density at radius 1 is 1.24 bits per heavy atom. The fourth-order valence-electron chi connectivity index (χ4n) is 3.84. The summed E-state index contributed by atoms with van der Waals surface area (Å²) < 4.78 is 11.0. The number of fused-ring (bicyclic) bond motifs is 1. The largest absolute Gasteiger partial charge is 0.497 e. The van der Waals surface area contributed by atoms with Gasteiger partial charge in [-0.05, 0) is 44.9 Å². The van der Waals surface area contributed by atoms with Gasteiger partial charge in [0.2, 0.25) is 0 Å². The van der Waals surface area contributed by atoms with E-state index in [-0.39, 0.29) is 6.04 Å². The zero-order valence-corrected chi connectivity index (χ0v) is 13.1. The van der Waals surface area contributed by atoms with E-state index in [4.69, 9.17) is 9.47 Å². The zero-order valence-electron chi connectivity index (χ0n) is 13.1. The van der Waals surface area contributed by atoms with Gasteiger partial charge in [0, 0.05) is 17.6 Å². The lowest BCUT2D eigenvalue weighted by Crippen LogP contribution is -2.51. The second-order valence-electron chi connectivity index (χ2n) is 6.30. The fourth-order valence-corrected chi connectivity index (χ4v) is 3.84. The molecular weight excluding hydrogens is 266 g/mol. The second kappa shape index (κ2) is 5.85. The molecule has 1 aromatic rings. The zero-order chi connectivity index (χ0) is 15.0. The SMILES string of the molecule is COc1ccc2c(c1)C(N1C(C)CCCC1C)C(O)CO2. The van der Waals surface area contributed by atoms with E-state index in [1.54, 1.807) is 7.11 Å². The quantitative estimate of drug-likeness (QED) is 0.910. The van der Waals surface area contributed by atoms with Crippen LogP contribution in [0.4, 0.5) is 0 Å². The van der Waals surface area contributed by atoms with Crippen LogP contribution in [-0.2, 0) is 0 Å². The number of ether oxygens (including phenoxy) is 2. The molecule has 2 aliphatic heterocycles. The molecular formula is C17H25NO3. The molecule has 3 rings (SSSR count). The van der Waals surface area contributed by atoms with Crippen molar-refractivity contribution in [1.82, 2.24) is 4.90 Å². The van der Waals surface area contributed by atoms with Crippen molar-refractivity contribution in [2.75, 3.05) is 13.7 Å². The molecule has 0 bridgehead atoms.